The summed E-state index contributed by atoms with van der Waals surface area (Å²) in [6.07, 6.45) is 3.64. The Morgan fingerprint density at radius 3 is 2.63 bits per heavy atom. The number of carbonyl (C=O) groups is 3. The Morgan fingerprint density at radius 1 is 1.15 bits per heavy atom. The van der Waals surface area contributed by atoms with Gasteiger partial charge in [0.25, 0.3) is 5.91 Å². The molecule has 60 heavy (non-hydrogen) atoms. The second-order valence-electron chi connectivity index (χ2n) is 19.1. The molecule has 6 atom stereocenters. The van der Waals surface area contributed by atoms with E-state index in [4.69, 9.17) is 24.2 Å². The average Bonchev–Trinajstić information content (AvgIpc) is 3.75. The number of amides is 2. The number of benzene rings is 1. The first kappa shape index (κ1) is 42.5. The van der Waals surface area contributed by atoms with Crippen LogP contribution in [0, 0.1) is 17.3 Å². The van der Waals surface area contributed by atoms with Crippen molar-refractivity contribution in [1.82, 2.24) is 35.1 Å². The first-order valence-corrected chi connectivity index (χ1v) is 22.5. The predicted molar refractivity (Wildman–Crippen MR) is 234 cm³/mol. The first-order valence-electron chi connectivity index (χ1n) is 21.6. The van der Waals surface area contributed by atoms with Gasteiger partial charge in [-0.2, -0.15) is 0 Å². The van der Waals surface area contributed by atoms with Gasteiger partial charge in [-0.05, 0) is 90.5 Å². The van der Waals surface area contributed by atoms with Gasteiger partial charge in [-0.15, -0.1) is 11.3 Å². The van der Waals surface area contributed by atoms with Crippen LogP contribution >= 0.6 is 11.3 Å². The topological polar surface area (TPSA) is 143 Å². The third kappa shape index (κ3) is 8.78. The van der Waals surface area contributed by atoms with E-state index in [0.29, 0.717) is 18.0 Å². The molecule has 1 saturated carbocycles. The maximum atomic E-state index is 14.3. The van der Waals surface area contributed by atoms with Crippen LogP contribution in [0.25, 0.3) is 27.7 Å². The molecule has 5 aliphatic rings. The van der Waals surface area contributed by atoms with E-state index >= 15 is 0 Å². The maximum absolute atomic E-state index is 14.3. The van der Waals surface area contributed by atoms with Crippen LogP contribution in [0.2, 0.25) is 0 Å². The predicted octanol–water partition coefficient (Wildman–Crippen LogP) is 5.53. The SMILES string of the molecule is CCn1c(C2=C([C@H](C)OC)N=CC(N3CCN(C)CC3)C2)c2c3cc(ccc31)-c1csc(n1)C[C@H](NC(=O)OC(C)(C)C)C(=O)N1C[C@@H]3C[C@@H]3[C@H](N1)C(=O)OCC(C)(C)C2. The number of alkyl carbamates (subject to hydrolysis) is 1. The minimum atomic E-state index is -0.976. The molecule has 3 fully saturated rings. The number of nitrogens with zero attached hydrogens (tertiary/aromatic N) is 6. The lowest BCUT2D eigenvalue weighted by Gasteiger charge is -2.38. The quantitative estimate of drug-likeness (QED) is 0.304. The summed E-state index contributed by atoms with van der Waals surface area (Å²) >= 11 is 1.46. The van der Waals surface area contributed by atoms with Gasteiger partial charge in [0.05, 0.1) is 34.8 Å². The zero-order valence-corrected chi connectivity index (χ0v) is 37.5. The van der Waals surface area contributed by atoms with Crippen molar-refractivity contribution < 1.29 is 28.6 Å². The number of nitrogens with one attached hydrogen (secondary N) is 2. The third-order valence-corrected chi connectivity index (χ3v) is 13.6. The van der Waals surface area contributed by atoms with Gasteiger partial charge in [-0.1, -0.05) is 19.9 Å². The number of cyclic esters (lactones) is 1. The summed E-state index contributed by atoms with van der Waals surface area (Å²) < 4.78 is 20.2. The molecule has 324 valence electrons. The van der Waals surface area contributed by atoms with Gasteiger partial charge in [0.15, 0.2) is 0 Å². The van der Waals surface area contributed by atoms with Crippen LogP contribution in [0.5, 0.6) is 0 Å². The molecule has 2 saturated heterocycles. The van der Waals surface area contributed by atoms with E-state index in [2.05, 4.69) is 84.3 Å². The smallest absolute Gasteiger partial charge is 0.408 e. The van der Waals surface area contributed by atoms with Gasteiger partial charge < -0.3 is 29.0 Å². The highest BCUT2D eigenvalue weighted by molar-refractivity contribution is 7.10. The summed E-state index contributed by atoms with van der Waals surface area (Å²) in [5, 5.41) is 8.17. The fourth-order valence-corrected chi connectivity index (χ4v) is 10.2. The van der Waals surface area contributed by atoms with E-state index in [1.807, 2.05) is 5.38 Å². The molecule has 0 spiro atoms. The Kier molecular flexibility index (Phi) is 11.8. The Morgan fingerprint density at radius 2 is 1.92 bits per heavy atom. The number of esters is 1. The van der Waals surface area contributed by atoms with E-state index in [1.54, 1.807) is 27.9 Å². The summed E-state index contributed by atoms with van der Waals surface area (Å²) in [4.78, 5) is 56.6. The number of aliphatic imine (C=N–C) groups is 1. The third-order valence-electron chi connectivity index (χ3n) is 12.7. The maximum Gasteiger partial charge on any atom is 0.408 e. The van der Waals surface area contributed by atoms with Crippen molar-refractivity contribution in [2.75, 3.05) is 53.5 Å². The molecule has 15 heteroatoms. The molecule has 1 aliphatic carbocycles. The van der Waals surface area contributed by atoms with Gasteiger partial charge in [-0.25, -0.2) is 15.2 Å². The van der Waals surface area contributed by atoms with Gasteiger partial charge in [0.2, 0.25) is 0 Å². The Hall–Kier alpha value is -4.15. The van der Waals surface area contributed by atoms with Crippen molar-refractivity contribution in [2.24, 2.45) is 22.2 Å². The molecule has 8 rings (SSSR count). The van der Waals surface area contributed by atoms with Crippen LogP contribution in [0.4, 0.5) is 4.79 Å². The lowest BCUT2D eigenvalue weighted by molar-refractivity contribution is -0.155. The van der Waals surface area contributed by atoms with Gasteiger partial charge >= 0.3 is 12.1 Å². The molecule has 1 unspecified atom stereocenters. The number of piperazine rings is 1. The fourth-order valence-electron chi connectivity index (χ4n) is 9.36. The number of hydrogen-bond donors (Lipinski definition) is 2. The van der Waals surface area contributed by atoms with Crippen LogP contribution < -0.4 is 10.7 Å². The lowest BCUT2D eigenvalue weighted by atomic mass is 9.83. The Balaban J connectivity index is 1.24. The number of thiazole rings is 1. The highest BCUT2D eigenvalue weighted by Gasteiger charge is 2.53. The van der Waals surface area contributed by atoms with E-state index < -0.39 is 29.2 Å². The number of hydrogen-bond acceptors (Lipinski definition) is 12. The van der Waals surface area contributed by atoms with Crippen molar-refractivity contribution in [2.45, 2.75) is 111 Å². The standard InChI is InChI=1S/C45H62N8O6S/c1-10-52-36-12-11-27-17-31(36)33(40(52)32-19-29(22-46-38(32)26(2)57-9)51-15-13-50(8)14-16-51)21-45(6,7)25-58-42(55)39-30-18-28(30)23-53(49-39)41(54)34(20-37-47-35(27)24-60-37)48-43(56)59-44(3,4)5/h11-12,17,22,24,26,28-30,34,39,49H,10,13-16,18-21,23,25H2,1-9H3,(H,48,56)/t26-,28-,29?,30-,34-,39-/m0/s1. The largest absolute Gasteiger partial charge is 0.464 e. The molecule has 6 heterocycles. The van der Waals surface area contributed by atoms with Crippen molar-refractivity contribution in [1.29, 1.82) is 0 Å². The molecular weight excluding hydrogens is 781 g/mol. The second kappa shape index (κ2) is 16.6. The van der Waals surface area contributed by atoms with Crippen LogP contribution in [-0.2, 0) is 43.2 Å². The summed E-state index contributed by atoms with van der Waals surface area (Å²) in [5.41, 5.74) is 9.36. The van der Waals surface area contributed by atoms with Crippen molar-refractivity contribution in [3.05, 3.63) is 45.5 Å². The van der Waals surface area contributed by atoms with Crippen LogP contribution in [0.1, 0.15) is 77.6 Å². The van der Waals surface area contributed by atoms with E-state index in [1.165, 1.54) is 27.5 Å². The average molecular weight is 843 g/mol. The molecule has 1 aromatic carbocycles. The summed E-state index contributed by atoms with van der Waals surface area (Å²) in [6, 6.07) is 5.06. The Bertz CT molecular complexity index is 2200. The minimum absolute atomic E-state index is 0.0786. The molecule has 0 radical (unpaired) electrons. The number of rotatable bonds is 6. The lowest BCUT2D eigenvalue weighted by Crippen LogP contribution is -2.61. The zero-order chi connectivity index (χ0) is 42.7. The minimum Gasteiger partial charge on any atom is -0.464 e. The number of aromatic nitrogens is 2. The molecule has 3 aromatic rings. The van der Waals surface area contributed by atoms with Crippen molar-refractivity contribution >= 4 is 52.0 Å². The Labute approximate surface area is 357 Å². The van der Waals surface area contributed by atoms with Crippen LogP contribution in [0.15, 0.2) is 34.3 Å². The van der Waals surface area contributed by atoms with E-state index in [9.17, 15) is 14.4 Å². The number of carbonyl (C=O) groups excluding carboxylic acids is 3. The number of hydrazine groups is 1. The van der Waals surface area contributed by atoms with Gasteiger partial charge in [0, 0.05) is 97.9 Å². The van der Waals surface area contributed by atoms with E-state index in [-0.39, 0.29) is 48.9 Å². The van der Waals surface area contributed by atoms with Crippen LogP contribution in [-0.4, -0.2) is 132 Å². The van der Waals surface area contributed by atoms with Crippen LogP contribution in [0.3, 0.4) is 0 Å². The number of likely N-dealkylation sites (N-methyl/N-ethyl adjacent to an activating group) is 1. The summed E-state index contributed by atoms with van der Waals surface area (Å²) in [6.45, 7) is 19.3. The monoisotopic (exact) mass is 842 g/mol. The normalized spacial score (nSPS) is 27.0. The van der Waals surface area contributed by atoms with E-state index in [0.717, 1.165) is 79.1 Å². The number of aryl methyl sites for hydroxylation is 1. The molecule has 4 aliphatic heterocycles. The number of fused-ring (bicyclic) bond motifs is 8. The second-order valence-corrected chi connectivity index (χ2v) is 20.1. The summed E-state index contributed by atoms with van der Waals surface area (Å²) in [5.74, 6) is -0.473. The molecule has 6 bridgehead atoms. The molecular formula is C45H62N8O6S. The van der Waals surface area contributed by atoms with Gasteiger partial charge in [-0.3, -0.25) is 24.5 Å². The molecule has 14 nitrogen and oxygen atoms in total. The molecule has 2 N–H and O–H groups in total. The highest BCUT2D eigenvalue weighted by Crippen LogP contribution is 2.46. The van der Waals surface area contributed by atoms with Gasteiger partial charge in [0.1, 0.15) is 17.7 Å². The van der Waals surface area contributed by atoms with Crippen molar-refractivity contribution in [3.63, 3.8) is 0 Å². The zero-order valence-electron chi connectivity index (χ0n) is 36.7. The summed E-state index contributed by atoms with van der Waals surface area (Å²) in [7, 11) is 3.93. The highest BCUT2D eigenvalue weighted by atomic mass is 32.1. The molecule has 2 aromatic heterocycles. The number of methoxy groups -OCH3 is 1. The fraction of sp³-hybridized carbons (Fsp3) is 0.622. The molecule has 2 amide bonds. The number of ether oxygens (including phenoxy) is 3. The first-order chi connectivity index (χ1) is 28.5. The van der Waals surface area contributed by atoms with Crippen molar-refractivity contribution in [3.8, 4) is 11.3 Å².